The molecule has 0 aromatic heterocycles. The second kappa shape index (κ2) is 4.18. The molecule has 0 N–H and O–H groups in total. The van der Waals surface area contributed by atoms with Crippen molar-refractivity contribution in [3.8, 4) is 0 Å². The van der Waals surface area contributed by atoms with E-state index in [2.05, 4.69) is 9.47 Å². The highest BCUT2D eigenvalue weighted by Gasteiger charge is 2.04. The van der Waals surface area contributed by atoms with Crippen molar-refractivity contribution in [3.63, 3.8) is 0 Å². The Kier molecular flexibility index (Phi) is 3.84. The highest BCUT2D eigenvalue weighted by molar-refractivity contribution is 5.59. The molecule has 0 amide bonds. The van der Waals surface area contributed by atoms with Crippen LogP contribution in [0.5, 0.6) is 0 Å². The molecule has 0 saturated carbocycles. The SMILES string of the molecule is CC[C@H](C)OC(=O)OC. The van der Waals surface area contributed by atoms with E-state index in [9.17, 15) is 4.79 Å². The lowest BCUT2D eigenvalue weighted by Crippen LogP contribution is -2.13. The van der Waals surface area contributed by atoms with E-state index >= 15 is 0 Å². The van der Waals surface area contributed by atoms with Crippen molar-refractivity contribution in [2.75, 3.05) is 7.11 Å². The van der Waals surface area contributed by atoms with Crippen LogP contribution in [0.1, 0.15) is 20.3 Å². The average Bonchev–Trinajstić information content (AvgIpc) is 1.87. The molecule has 0 radical (unpaired) electrons. The zero-order valence-corrected chi connectivity index (χ0v) is 6.01. The predicted molar refractivity (Wildman–Crippen MR) is 33.2 cm³/mol. The van der Waals surface area contributed by atoms with E-state index in [0.717, 1.165) is 6.42 Å². The van der Waals surface area contributed by atoms with Gasteiger partial charge >= 0.3 is 6.16 Å². The molecule has 0 bridgehead atoms. The van der Waals surface area contributed by atoms with Gasteiger partial charge in [-0.25, -0.2) is 4.79 Å². The molecule has 0 aromatic rings. The summed E-state index contributed by atoms with van der Waals surface area (Å²) in [7, 11) is 1.30. The van der Waals surface area contributed by atoms with Crippen molar-refractivity contribution in [1.82, 2.24) is 0 Å². The highest BCUT2D eigenvalue weighted by Crippen LogP contribution is 1.96. The second-order valence-corrected chi connectivity index (χ2v) is 1.79. The van der Waals surface area contributed by atoms with Gasteiger partial charge in [0.15, 0.2) is 0 Å². The van der Waals surface area contributed by atoms with Crippen molar-refractivity contribution in [2.45, 2.75) is 26.4 Å². The molecule has 0 rings (SSSR count). The predicted octanol–water partition coefficient (Wildman–Crippen LogP) is 1.57. The summed E-state index contributed by atoms with van der Waals surface area (Å²) in [5.41, 5.74) is 0. The Morgan fingerprint density at radius 1 is 1.67 bits per heavy atom. The van der Waals surface area contributed by atoms with Crippen molar-refractivity contribution >= 4 is 6.16 Å². The van der Waals surface area contributed by atoms with Crippen LogP contribution >= 0.6 is 0 Å². The van der Waals surface area contributed by atoms with Crippen LogP contribution in [0.15, 0.2) is 0 Å². The molecule has 0 heterocycles. The Morgan fingerprint density at radius 2 is 2.22 bits per heavy atom. The van der Waals surface area contributed by atoms with Crippen LogP contribution in [-0.4, -0.2) is 19.4 Å². The van der Waals surface area contributed by atoms with Crippen LogP contribution in [0.2, 0.25) is 0 Å². The molecule has 0 saturated heterocycles. The first-order chi connectivity index (χ1) is 4.20. The van der Waals surface area contributed by atoms with Gasteiger partial charge in [0.05, 0.1) is 7.11 Å². The number of carbonyl (C=O) groups is 1. The van der Waals surface area contributed by atoms with Gasteiger partial charge in [-0.05, 0) is 13.3 Å². The molecule has 0 aliphatic rings. The smallest absolute Gasteiger partial charge is 0.438 e. The maximum Gasteiger partial charge on any atom is 0.508 e. The lowest BCUT2D eigenvalue weighted by atomic mass is 10.3. The van der Waals surface area contributed by atoms with E-state index in [-0.39, 0.29) is 6.10 Å². The van der Waals surface area contributed by atoms with Gasteiger partial charge in [-0.2, -0.15) is 0 Å². The quantitative estimate of drug-likeness (QED) is 0.535. The summed E-state index contributed by atoms with van der Waals surface area (Å²) in [6.45, 7) is 3.75. The third-order valence-corrected chi connectivity index (χ3v) is 1.04. The Morgan fingerprint density at radius 3 is 2.56 bits per heavy atom. The number of hydrogen-bond donors (Lipinski definition) is 0. The molecule has 0 aliphatic carbocycles. The minimum absolute atomic E-state index is 0.0440. The summed E-state index contributed by atoms with van der Waals surface area (Å²) in [5, 5.41) is 0. The van der Waals surface area contributed by atoms with E-state index in [1.807, 2.05) is 13.8 Å². The molecule has 54 valence electrons. The van der Waals surface area contributed by atoms with Gasteiger partial charge in [0.2, 0.25) is 0 Å². The molecule has 1 atom stereocenters. The molecule has 3 nitrogen and oxygen atoms in total. The Labute approximate surface area is 55.0 Å². The Hall–Kier alpha value is -0.730. The van der Waals surface area contributed by atoms with Crippen LogP contribution in [0.3, 0.4) is 0 Å². The molecule has 0 spiro atoms. The van der Waals surface area contributed by atoms with Crippen LogP contribution in [0, 0.1) is 0 Å². The van der Waals surface area contributed by atoms with Crippen molar-refractivity contribution in [3.05, 3.63) is 0 Å². The number of ether oxygens (including phenoxy) is 2. The van der Waals surface area contributed by atoms with Crippen molar-refractivity contribution < 1.29 is 14.3 Å². The molecule has 0 fully saturated rings. The third-order valence-electron chi connectivity index (χ3n) is 1.04. The number of methoxy groups -OCH3 is 1. The fourth-order valence-electron chi connectivity index (χ4n) is 0.296. The number of carbonyl (C=O) groups excluding carboxylic acids is 1. The molecular weight excluding hydrogens is 120 g/mol. The first-order valence-corrected chi connectivity index (χ1v) is 2.95. The second-order valence-electron chi connectivity index (χ2n) is 1.79. The van der Waals surface area contributed by atoms with Crippen LogP contribution in [0.4, 0.5) is 4.79 Å². The van der Waals surface area contributed by atoms with Gasteiger partial charge in [-0.15, -0.1) is 0 Å². The fraction of sp³-hybridized carbons (Fsp3) is 0.833. The summed E-state index contributed by atoms with van der Waals surface area (Å²) in [5.74, 6) is 0. The van der Waals surface area contributed by atoms with Gasteiger partial charge in [0.1, 0.15) is 6.10 Å². The van der Waals surface area contributed by atoms with E-state index in [1.165, 1.54) is 7.11 Å². The minimum Gasteiger partial charge on any atom is -0.438 e. The van der Waals surface area contributed by atoms with E-state index in [0.29, 0.717) is 0 Å². The van der Waals surface area contributed by atoms with Gasteiger partial charge in [-0.3, -0.25) is 0 Å². The largest absolute Gasteiger partial charge is 0.508 e. The maximum absolute atomic E-state index is 10.3. The van der Waals surface area contributed by atoms with Gasteiger partial charge in [0, 0.05) is 0 Å². The third kappa shape index (κ3) is 3.82. The Balaban J connectivity index is 3.34. The first kappa shape index (κ1) is 8.27. The summed E-state index contributed by atoms with van der Waals surface area (Å²) in [6, 6.07) is 0. The highest BCUT2D eigenvalue weighted by atomic mass is 16.7. The molecule has 9 heavy (non-hydrogen) atoms. The van der Waals surface area contributed by atoms with E-state index in [4.69, 9.17) is 0 Å². The lowest BCUT2D eigenvalue weighted by Gasteiger charge is -2.07. The fourth-order valence-corrected chi connectivity index (χ4v) is 0.296. The van der Waals surface area contributed by atoms with Crippen LogP contribution in [0.25, 0.3) is 0 Å². The molecule has 0 aromatic carbocycles. The number of hydrogen-bond acceptors (Lipinski definition) is 3. The lowest BCUT2D eigenvalue weighted by molar-refractivity contribution is 0.0423. The standard InChI is InChI=1S/C6H12O3/c1-4-5(2)9-6(7)8-3/h5H,4H2,1-3H3/t5-/m0/s1. The van der Waals surface area contributed by atoms with E-state index in [1.54, 1.807) is 0 Å². The molecular formula is C6H12O3. The molecule has 0 unspecified atom stereocenters. The summed E-state index contributed by atoms with van der Waals surface area (Å²) >= 11 is 0. The monoisotopic (exact) mass is 132 g/mol. The number of rotatable bonds is 2. The van der Waals surface area contributed by atoms with E-state index < -0.39 is 6.16 Å². The zero-order chi connectivity index (χ0) is 7.28. The Bertz CT molecular complexity index is 90.3. The average molecular weight is 132 g/mol. The molecule has 0 aliphatic heterocycles. The summed E-state index contributed by atoms with van der Waals surface area (Å²) in [4.78, 5) is 10.3. The molecule has 3 heteroatoms. The maximum atomic E-state index is 10.3. The summed E-state index contributed by atoms with van der Waals surface area (Å²) in [6.07, 6.45) is 0.163. The topological polar surface area (TPSA) is 35.5 Å². The normalized spacial score (nSPS) is 12.3. The van der Waals surface area contributed by atoms with Crippen LogP contribution < -0.4 is 0 Å². The van der Waals surface area contributed by atoms with Gasteiger partial charge in [-0.1, -0.05) is 6.92 Å². The zero-order valence-electron chi connectivity index (χ0n) is 6.01. The van der Waals surface area contributed by atoms with Gasteiger partial charge < -0.3 is 9.47 Å². The van der Waals surface area contributed by atoms with Crippen LogP contribution in [-0.2, 0) is 9.47 Å². The van der Waals surface area contributed by atoms with Gasteiger partial charge in [0.25, 0.3) is 0 Å². The first-order valence-electron chi connectivity index (χ1n) is 2.95. The minimum atomic E-state index is -0.607. The van der Waals surface area contributed by atoms with Crippen molar-refractivity contribution in [1.29, 1.82) is 0 Å². The van der Waals surface area contributed by atoms with Crippen molar-refractivity contribution in [2.24, 2.45) is 0 Å². The summed E-state index contributed by atoms with van der Waals surface area (Å²) < 4.78 is 8.95.